The minimum Gasteiger partial charge on any atom is -0.391 e. The minimum atomic E-state index is -4.35. The Morgan fingerprint density at radius 2 is 1.70 bits per heavy atom. The van der Waals surface area contributed by atoms with Gasteiger partial charge in [-0.1, -0.05) is 36.4 Å². The van der Waals surface area contributed by atoms with Crippen molar-refractivity contribution in [2.24, 2.45) is 0 Å². The highest BCUT2D eigenvalue weighted by Crippen LogP contribution is 2.30. The van der Waals surface area contributed by atoms with Gasteiger partial charge in [-0.2, -0.15) is 18.0 Å². The Kier molecular flexibility index (Phi) is 5.27. The van der Waals surface area contributed by atoms with E-state index < -0.39 is 17.8 Å². The van der Waals surface area contributed by atoms with Gasteiger partial charge in [-0.05, 0) is 48.7 Å². The quantitative estimate of drug-likeness (QED) is 0.734. The number of nitrogens with zero attached hydrogens (tertiary/aromatic N) is 4. The number of aliphatic hydroxyl groups is 1. The number of benzene rings is 2. The van der Waals surface area contributed by atoms with Crippen LogP contribution < -0.4 is 0 Å². The van der Waals surface area contributed by atoms with E-state index in [1.165, 1.54) is 16.9 Å². The predicted octanol–water partition coefficient (Wildman–Crippen LogP) is 3.89. The average Bonchev–Trinajstić information content (AvgIpc) is 3.11. The van der Waals surface area contributed by atoms with E-state index >= 15 is 0 Å². The Balaban J connectivity index is 1.87. The van der Waals surface area contributed by atoms with Gasteiger partial charge >= 0.3 is 6.18 Å². The highest BCUT2D eigenvalue weighted by molar-refractivity contribution is 5.60. The maximum atomic E-state index is 12.7. The fourth-order valence-electron chi connectivity index (χ4n) is 2.62. The molecule has 1 heterocycles. The van der Waals surface area contributed by atoms with Crippen LogP contribution in [0.3, 0.4) is 0 Å². The average molecular weight is 376 g/mol. The zero-order valence-electron chi connectivity index (χ0n) is 14.9. The highest BCUT2D eigenvalue weighted by atomic mass is 19.4. The summed E-state index contributed by atoms with van der Waals surface area (Å²) in [5.41, 5.74) is 1.71. The molecule has 0 aliphatic rings. The first-order valence-corrected chi connectivity index (χ1v) is 8.47. The van der Waals surface area contributed by atoms with Crippen LogP contribution in [-0.4, -0.2) is 31.4 Å². The smallest absolute Gasteiger partial charge is 0.391 e. The Morgan fingerprint density at radius 3 is 2.33 bits per heavy atom. The molecule has 0 fully saturated rings. The maximum absolute atomic E-state index is 12.7. The molecule has 142 valence electrons. The van der Waals surface area contributed by atoms with E-state index in [1.807, 2.05) is 24.3 Å². The first kappa shape index (κ1) is 19.0. The molecule has 8 heteroatoms. The molecule has 2 aromatic carbocycles. The molecule has 0 saturated carbocycles. The third-order valence-electron chi connectivity index (χ3n) is 4.42. The van der Waals surface area contributed by atoms with Gasteiger partial charge < -0.3 is 5.11 Å². The Hall–Kier alpha value is -2.74. The molecule has 1 N–H and O–H groups in total. The first-order chi connectivity index (χ1) is 12.8. The van der Waals surface area contributed by atoms with Crippen LogP contribution in [0.2, 0.25) is 0 Å². The largest absolute Gasteiger partial charge is 0.416 e. The van der Waals surface area contributed by atoms with Crippen molar-refractivity contribution in [2.75, 3.05) is 0 Å². The van der Waals surface area contributed by atoms with Crippen LogP contribution in [0.25, 0.3) is 11.4 Å². The van der Waals surface area contributed by atoms with E-state index in [-0.39, 0.29) is 6.04 Å². The zero-order valence-corrected chi connectivity index (χ0v) is 14.9. The second-order valence-corrected chi connectivity index (χ2v) is 6.44. The number of aliphatic hydroxyl groups excluding tert-OH is 1. The molecule has 27 heavy (non-hydrogen) atoms. The van der Waals surface area contributed by atoms with Crippen molar-refractivity contribution in [2.45, 2.75) is 38.6 Å². The number of alkyl halides is 3. The van der Waals surface area contributed by atoms with Crippen LogP contribution >= 0.6 is 0 Å². The molecule has 0 bridgehead atoms. The molecule has 5 nitrogen and oxygen atoms in total. The molecule has 0 aliphatic carbocycles. The number of aromatic nitrogens is 4. The number of halogens is 3. The van der Waals surface area contributed by atoms with Crippen molar-refractivity contribution >= 4 is 0 Å². The van der Waals surface area contributed by atoms with Crippen molar-refractivity contribution in [3.63, 3.8) is 0 Å². The van der Waals surface area contributed by atoms with E-state index in [9.17, 15) is 18.3 Å². The summed E-state index contributed by atoms with van der Waals surface area (Å²) in [6.07, 6.45) is -4.54. The lowest BCUT2D eigenvalue weighted by molar-refractivity contribution is -0.137. The summed E-state index contributed by atoms with van der Waals surface area (Å²) >= 11 is 0. The van der Waals surface area contributed by atoms with Crippen LogP contribution in [0.4, 0.5) is 13.2 Å². The van der Waals surface area contributed by atoms with Gasteiger partial charge in [0, 0.05) is 5.56 Å². The third kappa shape index (κ3) is 4.33. The summed E-state index contributed by atoms with van der Waals surface area (Å²) in [6.45, 7) is 3.43. The Bertz CT molecular complexity index is 904. The van der Waals surface area contributed by atoms with Crippen molar-refractivity contribution < 1.29 is 18.3 Å². The van der Waals surface area contributed by atoms with Crippen LogP contribution in [-0.2, 0) is 12.6 Å². The van der Waals surface area contributed by atoms with Gasteiger partial charge in [0.25, 0.3) is 0 Å². The summed E-state index contributed by atoms with van der Waals surface area (Å²) in [6, 6.07) is 12.2. The number of rotatable bonds is 5. The lowest BCUT2D eigenvalue weighted by Crippen LogP contribution is -2.20. The molecule has 0 unspecified atom stereocenters. The fourth-order valence-corrected chi connectivity index (χ4v) is 2.62. The lowest BCUT2D eigenvalue weighted by Gasteiger charge is -2.12. The molecule has 0 radical (unpaired) electrons. The molecule has 0 spiro atoms. The number of tetrazole rings is 1. The van der Waals surface area contributed by atoms with Crippen molar-refractivity contribution in [3.8, 4) is 11.4 Å². The molecular formula is C19H19F3N4O. The topological polar surface area (TPSA) is 63.8 Å². The van der Waals surface area contributed by atoms with Gasteiger partial charge in [0.05, 0.1) is 17.7 Å². The predicted molar refractivity (Wildman–Crippen MR) is 93.9 cm³/mol. The SMILES string of the molecule is C[C@H](O)[C@@H](C)n1nnc(-c2ccccc2Cc2ccc(C(F)(F)F)cc2)n1. The van der Waals surface area contributed by atoms with Crippen molar-refractivity contribution in [3.05, 3.63) is 65.2 Å². The standard InChI is InChI=1S/C19H19F3N4O/c1-12(13(2)27)26-24-18(23-25-26)17-6-4-3-5-15(17)11-14-7-9-16(10-8-14)19(20,21)22/h3-10,12-13,27H,11H2,1-2H3/t12-,13+/m1/s1. The summed E-state index contributed by atoms with van der Waals surface area (Å²) < 4.78 is 38.1. The third-order valence-corrected chi connectivity index (χ3v) is 4.42. The zero-order chi connectivity index (χ0) is 19.6. The van der Waals surface area contributed by atoms with Gasteiger partial charge in [-0.25, -0.2) is 0 Å². The summed E-state index contributed by atoms with van der Waals surface area (Å²) in [7, 11) is 0. The monoisotopic (exact) mass is 376 g/mol. The summed E-state index contributed by atoms with van der Waals surface area (Å²) in [5, 5.41) is 22.1. The minimum absolute atomic E-state index is 0.326. The van der Waals surface area contributed by atoms with Gasteiger partial charge in [0.2, 0.25) is 5.82 Å². The van der Waals surface area contributed by atoms with Crippen molar-refractivity contribution in [1.82, 2.24) is 20.2 Å². The highest BCUT2D eigenvalue weighted by Gasteiger charge is 2.30. The number of hydrogen-bond acceptors (Lipinski definition) is 4. The van der Waals surface area contributed by atoms with Gasteiger partial charge in [0.15, 0.2) is 0 Å². The normalized spacial score (nSPS) is 14.1. The molecule has 0 amide bonds. The molecule has 1 aromatic heterocycles. The second kappa shape index (κ2) is 7.48. The molecule has 0 aliphatic heterocycles. The lowest BCUT2D eigenvalue weighted by atomic mass is 9.98. The van der Waals surface area contributed by atoms with Crippen LogP contribution in [0.15, 0.2) is 48.5 Å². The van der Waals surface area contributed by atoms with Crippen molar-refractivity contribution in [1.29, 1.82) is 0 Å². The van der Waals surface area contributed by atoms with Crippen LogP contribution in [0.1, 0.15) is 36.6 Å². The van der Waals surface area contributed by atoms with Gasteiger partial charge in [0.1, 0.15) is 0 Å². The van der Waals surface area contributed by atoms with E-state index in [4.69, 9.17) is 0 Å². The summed E-state index contributed by atoms with van der Waals surface area (Å²) in [4.78, 5) is 1.36. The van der Waals surface area contributed by atoms with E-state index in [2.05, 4.69) is 15.4 Å². The summed E-state index contributed by atoms with van der Waals surface area (Å²) in [5.74, 6) is 0.407. The Labute approximate surface area is 154 Å². The van der Waals surface area contributed by atoms with E-state index in [1.54, 1.807) is 13.8 Å². The number of hydrogen-bond donors (Lipinski definition) is 1. The molecule has 3 rings (SSSR count). The molecule has 0 saturated heterocycles. The molecule has 2 atom stereocenters. The van der Waals surface area contributed by atoms with E-state index in [0.29, 0.717) is 12.2 Å². The second-order valence-electron chi connectivity index (χ2n) is 6.44. The fraction of sp³-hybridized carbons (Fsp3) is 0.316. The van der Waals surface area contributed by atoms with Crippen LogP contribution in [0, 0.1) is 0 Å². The van der Waals surface area contributed by atoms with Gasteiger partial charge in [-0.3, -0.25) is 0 Å². The molecule has 3 aromatic rings. The molecular weight excluding hydrogens is 357 g/mol. The van der Waals surface area contributed by atoms with E-state index in [0.717, 1.165) is 28.8 Å². The van der Waals surface area contributed by atoms with Gasteiger partial charge in [-0.15, -0.1) is 10.2 Å². The first-order valence-electron chi connectivity index (χ1n) is 8.47. The Morgan fingerprint density at radius 1 is 1.04 bits per heavy atom. The van der Waals surface area contributed by atoms with Crippen LogP contribution in [0.5, 0.6) is 0 Å². The maximum Gasteiger partial charge on any atom is 0.416 e.